The van der Waals surface area contributed by atoms with Crippen LogP contribution in [0.2, 0.25) is 0 Å². The van der Waals surface area contributed by atoms with Gasteiger partial charge in [-0.2, -0.15) is 0 Å². The van der Waals surface area contributed by atoms with Crippen LogP contribution in [-0.2, 0) is 0 Å². The average Bonchev–Trinajstić information content (AvgIpc) is 2.90. The Labute approximate surface area is 102 Å². The first-order chi connectivity index (χ1) is 8.43. The lowest BCUT2D eigenvalue weighted by atomic mass is 9.87. The number of aromatic nitrogens is 2. The minimum Gasteiger partial charge on any atom is -0.358 e. The zero-order valence-corrected chi connectivity index (χ0v) is 10.0. The molecule has 1 saturated carbocycles. The second kappa shape index (κ2) is 4.74. The van der Waals surface area contributed by atoms with Gasteiger partial charge in [0.1, 0.15) is 0 Å². The Hall–Kier alpha value is -1.57. The second-order valence-electron chi connectivity index (χ2n) is 4.90. The first-order valence-corrected chi connectivity index (χ1v) is 6.53. The Kier molecular flexibility index (Phi) is 2.95. The van der Waals surface area contributed by atoms with Crippen molar-refractivity contribution in [2.45, 2.75) is 38.0 Å². The van der Waals surface area contributed by atoms with Gasteiger partial charge in [-0.3, -0.25) is 4.98 Å². The number of hydrogen-bond acceptors (Lipinski definition) is 1. The molecule has 0 radical (unpaired) electrons. The molecule has 0 spiro atoms. The Morgan fingerprint density at radius 1 is 0.941 bits per heavy atom. The summed E-state index contributed by atoms with van der Waals surface area (Å²) >= 11 is 0. The van der Waals surface area contributed by atoms with Crippen molar-refractivity contribution < 1.29 is 0 Å². The smallest absolute Gasteiger partial charge is 0.0457 e. The van der Waals surface area contributed by atoms with Gasteiger partial charge in [-0.25, -0.2) is 0 Å². The third kappa shape index (κ3) is 2.26. The number of H-pyrrole nitrogens is 1. The van der Waals surface area contributed by atoms with Crippen molar-refractivity contribution in [1.29, 1.82) is 0 Å². The van der Waals surface area contributed by atoms with E-state index in [1.54, 1.807) is 0 Å². The topological polar surface area (TPSA) is 28.7 Å². The number of hydrogen-bond donors (Lipinski definition) is 1. The van der Waals surface area contributed by atoms with E-state index in [1.807, 2.05) is 12.4 Å². The van der Waals surface area contributed by atoms with Gasteiger partial charge in [-0.1, -0.05) is 19.3 Å². The first-order valence-electron chi connectivity index (χ1n) is 6.53. The first kappa shape index (κ1) is 10.6. The Bertz CT molecular complexity index is 467. The highest BCUT2D eigenvalue weighted by Crippen LogP contribution is 2.33. The molecule has 88 valence electrons. The third-order valence-electron chi connectivity index (χ3n) is 3.74. The highest BCUT2D eigenvalue weighted by molar-refractivity contribution is 5.59. The van der Waals surface area contributed by atoms with Gasteiger partial charge < -0.3 is 4.98 Å². The van der Waals surface area contributed by atoms with Crippen LogP contribution in [0.15, 0.2) is 36.7 Å². The zero-order valence-electron chi connectivity index (χ0n) is 10.0. The summed E-state index contributed by atoms with van der Waals surface area (Å²) in [5, 5.41) is 0. The van der Waals surface area contributed by atoms with Gasteiger partial charge in [0.2, 0.25) is 0 Å². The minimum absolute atomic E-state index is 0.749. The van der Waals surface area contributed by atoms with Gasteiger partial charge in [0.25, 0.3) is 0 Å². The molecular weight excluding hydrogens is 208 g/mol. The molecular formula is C15H18N2. The maximum absolute atomic E-state index is 4.05. The molecule has 0 unspecified atom stereocenters. The summed E-state index contributed by atoms with van der Waals surface area (Å²) < 4.78 is 0. The van der Waals surface area contributed by atoms with Gasteiger partial charge in [-0.15, -0.1) is 0 Å². The quantitative estimate of drug-likeness (QED) is 0.819. The standard InChI is InChI=1S/C15H18N2/c1-2-4-12(5-3-1)14-6-7-15(17-14)13-8-10-16-11-9-13/h6-12,17H,1-5H2. The summed E-state index contributed by atoms with van der Waals surface area (Å²) in [7, 11) is 0. The molecule has 0 saturated heterocycles. The molecule has 0 aromatic carbocycles. The molecule has 1 aliphatic carbocycles. The highest BCUT2D eigenvalue weighted by Gasteiger charge is 2.16. The van der Waals surface area contributed by atoms with Crippen molar-refractivity contribution >= 4 is 0 Å². The predicted molar refractivity (Wildman–Crippen MR) is 69.8 cm³/mol. The second-order valence-corrected chi connectivity index (χ2v) is 4.90. The zero-order chi connectivity index (χ0) is 11.5. The van der Waals surface area contributed by atoms with Crippen LogP contribution in [-0.4, -0.2) is 9.97 Å². The van der Waals surface area contributed by atoms with Crippen molar-refractivity contribution in [2.24, 2.45) is 0 Å². The molecule has 2 aromatic rings. The van der Waals surface area contributed by atoms with E-state index in [9.17, 15) is 0 Å². The SMILES string of the molecule is c1cc(-c2ccc(C3CCCCC3)[nH]2)ccn1. The van der Waals surface area contributed by atoms with Gasteiger partial charge >= 0.3 is 0 Å². The summed E-state index contributed by atoms with van der Waals surface area (Å²) in [4.78, 5) is 7.63. The van der Waals surface area contributed by atoms with Gasteiger partial charge in [0, 0.05) is 29.3 Å². The fourth-order valence-corrected chi connectivity index (χ4v) is 2.76. The van der Waals surface area contributed by atoms with Gasteiger partial charge in [0.05, 0.1) is 0 Å². The molecule has 0 atom stereocenters. The molecule has 0 amide bonds. The van der Waals surface area contributed by atoms with E-state index in [0.29, 0.717) is 0 Å². The largest absolute Gasteiger partial charge is 0.358 e. The van der Waals surface area contributed by atoms with Crippen LogP contribution in [0.1, 0.15) is 43.7 Å². The number of nitrogens with one attached hydrogen (secondary N) is 1. The number of aromatic amines is 1. The maximum atomic E-state index is 4.05. The van der Waals surface area contributed by atoms with Crippen LogP contribution < -0.4 is 0 Å². The Morgan fingerprint density at radius 3 is 2.47 bits per heavy atom. The van der Waals surface area contributed by atoms with E-state index >= 15 is 0 Å². The monoisotopic (exact) mass is 226 g/mol. The molecule has 2 heteroatoms. The van der Waals surface area contributed by atoms with Crippen molar-refractivity contribution in [3.63, 3.8) is 0 Å². The molecule has 2 heterocycles. The van der Waals surface area contributed by atoms with E-state index in [-0.39, 0.29) is 0 Å². The van der Waals surface area contributed by atoms with Crippen molar-refractivity contribution in [2.75, 3.05) is 0 Å². The summed E-state index contributed by atoms with van der Waals surface area (Å²) in [5.74, 6) is 0.749. The normalized spacial score (nSPS) is 17.2. The Balaban J connectivity index is 1.83. The van der Waals surface area contributed by atoms with Crippen molar-refractivity contribution in [3.05, 3.63) is 42.4 Å². The van der Waals surface area contributed by atoms with E-state index in [0.717, 1.165) is 5.92 Å². The van der Waals surface area contributed by atoms with E-state index in [2.05, 4.69) is 34.2 Å². The van der Waals surface area contributed by atoms with E-state index < -0.39 is 0 Å². The van der Waals surface area contributed by atoms with Gasteiger partial charge in [0.15, 0.2) is 0 Å². The van der Waals surface area contributed by atoms with Crippen LogP contribution in [0.25, 0.3) is 11.3 Å². The molecule has 1 N–H and O–H groups in total. The fraction of sp³-hybridized carbons (Fsp3) is 0.400. The molecule has 3 rings (SSSR count). The van der Waals surface area contributed by atoms with Crippen molar-refractivity contribution in [3.8, 4) is 11.3 Å². The summed E-state index contributed by atoms with van der Waals surface area (Å²) in [6, 6.07) is 8.55. The number of rotatable bonds is 2. The Morgan fingerprint density at radius 2 is 1.71 bits per heavy atom. The van der Waals surface area contributed by atoms with Crippen LogP contribution in [0.4, 0.5) is 0 Å². The van der Waals surface area contributed by atoms with Crippen LogP contribution in [0.5, 0.6) is 0 Å². The highest BCUT2D eigenvalue weighted by atomic mass is 14.7. The summed E-state index contributed by atoms with van der Waals surface area (Å²) in [6.45, 7) is 0. The van der Waals surface area contributed by atoms with Crippen molar-refractivity contribution in [1.82, 2.24) is 9.97 Å². The third-order valence-corrected chi connectivity index (χ3v) is 3.74. The van der Waals surface area contributed by atoms with E-state index in [4.69, 9.17) is 0 Å². The molecule has 0 aliphatic heterocycles. The summed E-state index contributed by atoms with van der Waals surface area (Å²) in [5.41, 5.74) is 3.85. The maximum Gasteiger partial charge on any atom is 0.0457 e. The number of nitrogens with zero attached hydrogens (tertiary/aromatic N) is 1. The summed E-state index contributed by atoms with van der Waals surface area (Å²) in [6.07, 6.45) is 10.6. The lowest BCUT2D eigenvalue weighted by Gasteiger charge is -2.20. The number of pyridine rings is 1. The lowest BCUT2D eigenvalue weighted by Crippen LogP contribution is -2.04. The molecule has 0 bridgehead atoms. The average molecular weight is 226 g/mol. The fourth-order valence-electron chi connectivity index (χ4n) is 2.76. The minimum atomic E-state index is 0.749. The predicted octanol–water partition coefficient (Wildman–Crippen LogP) is 4.12. The molecule has 1 fully saturated rings. The van der Waals surface area contributed by atoms with Crippen LogP contribution in [0, 0.1) is 0 Å². The molecule has 2 aromatic heterocycles. The van der Waals surface area contributed by atoms with Crippen LogP contribution >= 0.6 is 0 Å². The van der Waals surface area contributed by atoms with Crippen LogP contribution in [0.3, 0.4) is 0 Å². The molecule has 17 heavy (non-hydrogen) atoms. The lowest BCUT2D eigenvalue weighted by molar-refractivity contribution is 0.438. The van der Waals surface area contributed by atoms with E-state index in [1.165, 1.54) is 49.1 Å². The molecule has 1 aliphatic rings. The molecule has 2 nitrogen and oxygen atoms in total. The van der Waals surface area contributed by atoms with Gasteiger partial charge in [-0.05, 0) is 43.0 Å².